The molecule has 7 nitrogen and oxygen atoms in total. The van der Waals surface area contributed by atoms with E-state index in [0.29, 0.717) is 43.5 Å². The number of ether oxygens (including phenoxy) is 2. The van der Waals surface area contributed by atoms with Gasteiger partial charge in [0.2, 0.25) is 10.0 Å². The van der Waals surface area contributed by atoms with E-state index in [1.54, 1.807) is 18.2 Å². The van der Waals surface area contributed by atoms with E-state index in [-0.39, 0.29) is 15.5 Å². The van der Waals surface area contributed by atoms with E-state index in [1.807, 2.05) is 13.8 Å². The summed E-state index contributed by atoms with van der Waals surface area (Å²) in [5.41, 5.74) is 0.569. The molecular formula is C21H25ClN2O5S. The molecule has 1 saturated heterocycles. The van der Waals surface area contributed by atoms with Crippen LogP contribution in [0.15, 0.2) is 41.3 Å². The maximum atomic E-state index is 12.8. The maximum absolute atomic E-state index is 12.8. The first-order chi connectivity index (χ1) is 14.4. The molecule has 2 aromatic carbocycles. The van der Waals surface area contributed by atoms with Crippen molar-refractivity contribution in [2.75, 3.05) is 31.6 Å². The molecule has 30 heavy (non-hydrogen) atoms. The molecule has 1 aliphatic rings. The van der Waals surface area contributed by atoms with E-state index in [4.69, 9.17) is 21.1 Å². The lowest BCUT2D eigenvalue weighted by atomic mass is 10.2. The van der Waals surface area contributed by atoms with Crippen LogP contribution in [0.1, 0.15) is 37.0 Å². The van der Waals surface area contributed by atoms with E-state index < -0.39 is 15.9 Å². The number of anilines is 1. The summed E-state index contributed by atoms with van der Waals surface area (Å²) >= 11 is 6.20. The van der Waals surface area contributed by atoms with Crippen LogP contribution < -0.4 is 14.8 Å². The average molecular weight is 453 g/mol. The van der Waals surface area contributed by atoms with E-state index in [1.165, 1.54) is 22.5 Å². The summed E-state index contributed by atoms with van der Waals surface area (Å²) in [7, 11) is -3.65. The first kappa shape index (κ1) is 22.4. The summed E-state index contributed by atoms with van der Waals surface area (Å²) in [4.78, 5) is 12.9. The Morgan fingerprint density at radius 3 is 2.37 bits per heavy atom. The Balaban J connectivity index is 1.86. The van der Waals surface area contributed by atoms with Crippen molar-refractivity contribution in [2.24, 2.45) is 0 Å². The van der Waals surface area contributed by atoms with Crippen molar-refractivity contribution in [3.8, 4) is 11.5 Å². The van der Waals surface area contributed by atoms with E-state index in [2.05, 4.69) is 5.32 Å². The van der Waals surface area contributed by atoms with Gasteiger partial charge in [0.25, 0.3) is 5.91 Å². The molecular weight excluding hydrogens is 428 g/mol. The number of carbonyl (C=O) groups is 1. The minimum Gasteiger partial charge on any atom is -0.490 e. The molecule has 0 saturated carbocycles. The normalized spacial score (nSPS) is 14.5. The fourth-order valence-electron chi connectivity index (χ4n) is 3.24. The Kier molecular flexibility index (Phi) is 7.23. The summed E-state index contributed by atoms with van der Waals surface area (Å²) in [6.45, 7) is 5.63. The number of nitrogens with one attached hydrogen (secondary N) is 1. The van der Waals surface area contributed by atoms with Crippen molar-refractivity contribution >= 4 is 33.2 Å². The van der Waals surface area contributed by atoms with Crippen LogP contribution in [-0.2, 0) is 10.0 Å². The first-order valence-corrected chi connectivity index (χ1v) is 11.7. The van der Waals surface area contributed by atoms with Crippen LogP contribution in [0.4, 0.5) is 5.69 Å². The van der Waals surface area contributed by atoms with Gasteiger partial charge in [0.15, 0.2) is 11.5 Å². The zero-order valence-corrected chi connectivity index (χ0v) is 18.6. The van der Waals surface area contributed by atoms with Crippen LogP contribution in [-0.4, -0.2) is 44.9 Å². The molecule has 1 N–H and O–H groups in total. The molecule has 9 heteroatoms. The van der Waals surface area contributed by atoms with Gasteiger partial charge in [0.1, 0.15) is 0 Å². The Bertz CT molecular complexity index is 1020. The number of benzene rings is 2. The third-order valence-corrected chi connectivity index (χ3v) is 6.91. The number of nitrogens with zero attached hydrogens (tertiary/aromatic N) is 1. The van der Waals surface area contributed by atoms with Gasteiger partial charge in [-0.1, -0.05) is 11.6 Å². The summed E-state index contributed by atoms with van der Waals surface area (Å²) in [5.74, 6) is 0.577. The smallest absolute Gasteiger partial charge is 0.257 e. The highest BCUT2D eigenvalue weighted by molar-refractivity contribution is 7.89. The van der Waals surface area contributed by atoms with Gasteiger partial charge in [-0.15, -0.1) is 0 Å². The highest BCUT2D eigenvalue weighted by atomic mass is 35.5. The van der Waals surface area contributed by atoms with Gasteiger partial charge in [0.05, 0.1) is 28.7 Å². The monoisotopic (exact) mass is 452 g/mol. The third-order valence-electron chi connectivity index (χ3n) is 4.69. The predicted octanol–water partition coefficient (Wildman–Crippen LogP) is 4.17. The van der Waals surface area contributed by atoms with Crippen molar-refractivity contribution in [3.63, 3.8) is 0 Å². The fraction of sp³-hybridized carbons (Fsp3) is 0.381. The molecule has 0 spiro atoms. The molecule has 1 amide bonds. The SMILES string of the molecule is CCOc1ccc(NC(=O)c2cc(S(=O)(=O)N3CCCC3)ccc2Cl)cc1OCC. The molecule has 1 aliphatic heterocycles. The van der Waals surface area contributed by atoms with Crippen molar-refractivity contribution in [1.29, 1.82) is 0 Å². The van der Waals surface area contributed by atoms with Crippen molar-refractivity contribution in [1.82, 2.24) is 4.31 Å². The van der Waals surface area contributed by atoms with Crippen LogP contribution in [0.3, 0.4) is 0 Å². The second-order valence-electron chi connectivity index (χ2n) is 6.73. The summed E-state index contributed by atoms with van der Waals surface area (Å²) < 4.78 is 38.2. The summed E-state index contributed by atoms with van der Waals surface area (Å²) in [6.07, 6.45) is 1.67. The maximum Gasteiger partial charge on any atom is 0.257 e. The van der Waals surface area contributed by atoms with Crippen LogP contribution >= 0.6 is 11.6 Å². The van der Waals surface area contributed by atoms with Crippen LogP contribution in [0.5, 0.6) is 11.5 Å². The molecule has 0 radical (unpaired) electrons. The highest BCUT2D eigenvalue weighted by Crippen LogP contribution is 2.31. The Labute approximate surface area is 182 Å². The largest absolute Gasteiger partial charge is 0.490 e. The second kappa shape index (κ2) is 9.68. The molecule has 0 aliphatic carbocycles. The van der Waals surface area contributed by atoms with Crippen molar-refractivity contribution in [3.05, 3.63) is 47.0 Å². The number of rotatable bonds is 8. The second-order valence-corrected chi connectivity index (χ2v) is 9.08. The summed E-state index contributed by atoms with van der Waals surface area (Å²) in [6, 6.07) is 9.23. The zero-order valence-electron chi connectivity index (χ0n) is 17.0. The minimum absolute atomic E-state index is 0.0562. The lowest BCUT2D eigenvalue weighted by Crippen LogP contribution is -2.28. The third kappa shape index (κ3) is 4.88. The van der Waals surface area contributed by atoms with E-state index in [9.17, 15) is 13.2 Å². The Morgan fingerprint density at radius 2 is 1.70 bits per heavy atom. The van der Waals surface area contributed by atoms with Crippen LogP contribution in [0.2, 0.25) is 5.02 Å². The molecule has 0 atom stereocenters. The van der Waals surface area contributed by atoms with Crippen LogP contribution in [0.25, 0.3) is 0 Å². The first-order valence-electron chi connectivity index (χ1n) is 9.87. The number of hydrogen-bond acceptors (Lipinski definition) is 5. The summed E-state index contributed by atoms with van der Waals surface area (Å²) in [5, 5.41) is 2.92. The zero-order chi connectivity index (χ0) is 21.7. The van der Waals surface area contributed by atoms with Crippen molar-refractivity contribution in [2.45, 2.75) is 31.6 Å². The van der Waals surface area contributed by atoms with Gasteiger partial charge >= 0.3 is 0 Å². The topological polar surface area (TPSA) is 84.9 Å². The molecule has 0 bridgehead atoms. The predicted molar refractivity (Wildman–Crippen MR) is 116 cm³/mol. The molecule has 1 fully saturated rings. The van der Waals surface area contributed by atoms with Crippen LogP contribution in [0, 0.1) is 0 Å². The van der Waals surface area contributed by atoms with Gasteiger partial charge in [-0.2, -0.15) is 4.31 Å². The standard InChI is InChI=1S/C21H25ClN2O5S/c1-3-28-19-10-7-15(13-20(19)29-4-2)23-21(25)17-14-16(8-9-18(17)22)30(26,27)24-11-5-6-12-24/h7-10,13-14H,3-6,11-12H2,1-2H3,(H,23,25). The quantitative estimate of drug-likeness (QED) is 0.649. The number of hydrogen-bond donors (Lipinski definition) is 1. The molecule has 3 rings (SSSR count). The lowest BCUT2D eigenvalue weighted by Gasteiger charge is -2.17. The number of carbonyl (C=O) groups excluding carboxylic acids is 1. The van der Waals surface area contributed by atoms with Gasteiger partial charge in [-0.3, -0.25) is 4.79 Å². The van der Waals surface area contributed by atoms with Gasteiger partial charge in [0, 0.05) is 24.8 Å². The molecule has 1 heterocycles. The van der Waals surface area contributed by atoms with Gasteiger partial charge in [-0.05, 0) is 57.0 Å². The number of amides is 1. The molecule has 0 unspecified atom stereocenters. The fourth-order valence-corrected chi connectivity index (χ4v) is 4.99. The number of sulfonamides is 1. The molecule has 2 aromatic rings. The molecule has 0 aromatic heterocycles. The van der Waals surface area contributed by atoms with Gasteiger partial charge in [-0.25, -0.2) is 8.42 Å². The average Bonchev–Trinajstić information content (AvgIpc) is 3.26. The minimum atomic E-state index is -3.65. The lowest BCUT2D eigenvalue weighted by molar-refractivity contribution is 0.102. The van der Waals surface area contributed by atoms with Crippen molar-refractivity contribution < 1.29 is 22.7 Å². The number of halogens is 1. The highest BCUT2D eigenvalue weighted by Gasteiger charge is 2.28. The van der Waals surface area contributed by atoms with E-state index in [0.717, 1.165) is 12.8 Å². The van der Waals surface area contributed by atoms with Gasteiger partial charge < -0.3 is 14.8 Å². The Hall–Kier alpha value is -2.29. The Morgan fingerprint density at radius 1 is 1.03 bits per heavy atom. The van der Waals surface area contributed by atoms with E-state index >= 15 is 0 Å². The molecule has 162 valence electrons.